The zero-order chi connectivity index (χ0) is 11.5. The van der Waals surface area contributed by atoms with Gasteiger partial charge >= 0.3 is 0 Å². The van der Waals surface area contributed by atoms with E-state index in [1.165, 1.54) is 0 Å². The number of methoxy groups -OCH3 is 1. The van der Waals surface area contributed by atoms with Crippen molar-refractivity contribution >= 4 is 0 Å². The molecule has 2 heteroatoms. The van der Waals surface area contributed by atoms with E-state index in [1.807, 2.05) is 12.1 Å². The number of para-hydroxylation sites is 1. The van der Waals surface area contributed by atoms with E-state index < -0.39 is 0 Å². The Bertz CT molecular complexity index is 383. The minimum absolute atomic E-state index is 0.0385. The molecule has 2 nitrogen and oxygen atoms in total. The lowest BCUT2D eigenvalue weighted by Gasteiger charge is -2.23. The normalized spacial score (nSPS) is 10.9. The molecule has 1 aromatic carbocycles. The number of nitrogens with zero attached hydrogens (tertiary/aromatic N) is 1. The molecule has 0 atom stereocenters. The van der Waals surface area contributed by atoms with Gasteiger partial charge in [0.15, 0.2) is 0 Å². The maximum absolute atomic E-state index is 8.73. The van der Waals surface area contributed by atoms with Crippen molar-refractivity contribution in [1.82, 2.24) is 0 Å². The topological polar surface area (TPSA) is 33.0 Å². The number of nitriles is 1. The van der Waals surface area contributed by atoms with Crippen molar-refractivity contribution in [3.8, 4) is 11.8 Å². The number of rotatable bonds is 2. The predicted octanol–water partition coefficient (Wildman–Crippen LogP) is 3.06. The first kappa shape index (κ1) is 11.6. The van der Waals surface area contributed by atoms with Crippen molar-refractivity contribution in [2.24, 2.45) is 0 Å². The third kappa shape index (κ3) is 2.50. The van der Waals surface area contributed by atoms with Gasteiger partial charge in [0.2, 0.25) is 0 Å². The van der Waals surface area contributed by atoms with Gasteiger partial charge in [-0.1, -0.05) is 39.0 Å². The van der Waals surface area contributed by atoms with Crippen LogP contribution in [0.3, 0.4) is 0 Å². The summed E-state index contributed by atoms with van der Waals surface area (Å²) in [4.78, 5) is 0. The zero-order valence-electron chi connectivity index (χ0n) is 9.79. The van der Waals surface area contributed by atoms with Crippen LogP contribution in [0.15, 0.2) is 18.2 Å². The van der Waals surface area contributed by atoms with Gasteiger partial charge in [-0.25, -0.2) is 0 Å². The summed E-state index contributed by atoms with van der Waals surface area (Å²) in [6.07, 6.45) is 0.396. The van der Waals surface area contributed by atoms with Crippen molar-refractivity contribution < 1.29 is 4.74 Å². The van der Waals surface area contributed by atoms with Crippen LogP contribution in [-0.2, 0) is 11.8 Å². The van der Waals surface area contributed by atoms with E-state index in [4.69, 9.17) is 10.00 Å². The van der Waals surface area contributed by atoms with Crippen LogP contribution in [0.4, 0.5) is 0 Å². The van der Waals surface area contributed by atoms with E-state index in [2.05, 4.69) is 32.9 Å². The van der Waals surface area contributed by atoms with Crippen molar-refractivity contribution in [2.75, 3.05) is 7.11 Å². The van der Waals surface area contributed by atoms with Gasteiger partial charge in [-0.05, 0) is 11.0 Å². The van der Waals surface area contributed by atoms with Crippen LogP contribution >= 0.6 is 0 Å². The van der Waals surface area contributed by atoms with Crippen LogP contribution < -0.4 is 4.74 Å². The molecule has 0 heterocycles. The first-order valence-corrected chi connectivity index (χ1v) is 5.04. The monoisotopic (exact) mass is 203 g/mol. The van der Waals surface area contributed by atoms with Crippen molar-refractivity contribution in [2.45, 2.75) is 32.6 Å². The third-order valence-corrected chi connectivity index (χ3v) is 2.38. The second-order valence-electron chi connectivity index (χ2n) is 4.58. The van der Waals surface area contributed by atoms with Gasteiger partial charge in [-0.2, -0.15) is 5.26 Å². The molecule has 0 bridgehead atoms. The zero-order valence-corrected chi connectivity index (χ0v) is 9.79. The van der Waals surface area contributed by atoms with Crippen LogP contribution in [0, 0.1) is 11.3 Å². The molecule has 1 aromatic rings. The Morgan fingerprint density at radius 1 is 1.33 bits per heavy atom. The molecule has 0 saturated heterocycles. The Morgan fingerprint density at radius 2 is 2.00 bits per heavy atom. The maximum Gasteiger partial charge on any atom is 0.126 e. The van der Waals surface area contributed by atoms with E-state index in [9.17, 15) is 0 Å². The Balaban J connectivity index is 3.30. The average Bonchev–Trinajstić information content (AvgIpc) is 2.16. The molecule has 0 amide bonds. The molecule has 0 aliphatic rings. The van der Waals surface area contributed by atoms with E-state index in [0.717, 1.165) is 16.9 Å². The third-order valence-electron chi connectivity index (χ3n) is 2.38. The largest absolute Gasteiger partial charge is 0.496 e. The standard InChI is InChI=1S/C13H17NO/c1-13(2,3)11-7-5-6-10(8-9-14)12(11)15-4/h5-7H,8H2,1-4H3. The van der Waals surface area contributed by atoms with Gasteiger partial charge in [0.1, 0.15) is 5.75 Å². The summed E-state index contributed by atoms with van der Waals surface area (Å²) in [5.74, 6) is 0.853. The average molecular weight is 203 g/mol. The lowest BCUT2D eigenvalue weighted by Crippen LogP contribution is -2.13. The fraction of sp³-hybridized carbons (Fsp3) is 0.462. The van der Waals surface area contributed by atoms with Gasteiger partial charge < -0.3 is 4.74 Å². The molecule has 80 valence electrons. The second kappa shape index (κ2) is 4.35. The minimum atomic E-state index is 0.0385. The molecule has 0 N–H and O–H groups in total. The van der Waals surface area contributed by atoms with Gasteiger partial charge in [-0.3, -0.25) is 0 Å². The van der Waals surface area contributed by atoms with Gasteiger partial charge in [0, 0.05) is 5.56 Å². The van der Waals surface area contributed by atoms with Crippen LogP contribution in [0.25, 0.3) is 0 Å². The molecule has 0 unspecified atom stereocenters. The van der Waals surface area contributed by atoms with Gasteiger partial charge in [0.25, 0.3) is 0 Å². The summed E-state index contributed by atoms with van der Waals surface area (Å²) in [7, 11) is 1.66. The predicted molar refractivity (Wildman–Crippen MR) is 61.0 cm³/mol. The Hall–Kier alpha value is -1.49. The van der Waals surface area contributed by atoms with Crippen LogP contribution in [0.2, 0.25) is 0 Å². The molecule has 0 radical (unpaired) electrons. The highest BCUT2D eigenvalue weighted by molar-refractivity contribution is 5.46. The Morgan fingerprint density at radius 3 is 2.47 bits per heavy atom. The number of ether oxygens (including phenoxy) is 1. The summed E-state index contributed by atoms with van der Waals surface area (Å²) >= 11 is 0. The molecule has 0 saturated carbocycles. The molecule has 0 spiro atoms. The highest BCUT2D eigenvalue weighted by Crippen LogP contribution is 2.33. The number of hydrogen-bond acceptors (Lipinski definition) is 2. The van der Waals surface area contributed by atoms with Crippen LogP contribution in [0.1, 0.15) is 31.9 Å². The molecule has 15 heavy (non-hydrogen) atoms. The lowest BCUT2D eigenvalue weighted by atomic mass is 9.85. The lowest BCUT2D eigenvalue weighted by molar-refractivity contribution is 0.393. The summed E-state index contributed by atoms with van der Waals surface area (Å²) in [5, 5.41) is 8.73. The Kier molecular flexibility index (Phi) is 3.36. The van der Waals surface area contributed by atoms with E-state index in [1.54, 1.807) is 7.11 Å². The van der Waals surface area contributed by atoms with E-state index >= 15 is 0 Å². The van der Waals surface area contributed by atoms with Crippen molar-refractivity contribution in [1.29, 1.82) is 5.26 Å². The molecule has 0 aliphatic carbocycles. The molecule has 0 aliphatic heterocycles. The van der Waals surface area contributed by atoms with E-state index in [0.29, 0.717) is 6.42 Å². The van der Waals surface area contributed by atoms with Crippen LogP contribution in [-0.4, -0.2) is 7.11 Å². The minimum Gasteiger partial charge on any atom is -0.496 e. The first-order chi connectivity index (χ1) is 7.00. The summed E-state index contributed by atoms with van der Waals surface area (Å²) in [5.41, 5.74) is 2.15. The van der Waals surface area contributed by atoms with Crippen molar-refractivity contribution in [3.63, 3.8) is 0 Å². The quantitative estimate of drug-likeness (QED) is 0.740. The molecule has 1 rings (SSSR count). The SMILES string of the molecule is COc1c(CC#N)cccc1C(C)(C)C. The van der Waals surface area contributed by atoms with Gasteiger partial charge in [-0.15, -0.1) is 0 Å². The molecular formula is C13H17NO. The molecule has 0 aromatic heterocycles. The fourth-order valence-corrected chi connectivity index (χ4v) is 1.64. The maximum atomic E-state index is 8.73. The molecule has 0 fully saturated rings. The summed E-state index contributed by atoms with van der Waals surface area (Å²) in [6.45, 7) is 6.42. The first-order valence-electron chi connectivity index (χ1n) is 5.04. The highest BCUT2D eigenvalue weighted by atomic mass is 16.5. The highest BCUT2D eigenvalue weighted by Gasteiger charge is 2.20. The van der Waals surface area contributed by atoms with E-state index in [-0.39, 0.29) is 5.41 Å². The summed E-state index contributed by atoms with van der Waals surface area (Å²) in [6, 6.07) is 8.14. The molecular weight excluding hydrogens is 186 g/mol. The second-order valence-corrected chi connectivity index (χ2v) is 4.58. The van der Waals surface area contributed by atoms with Gasteiger partial charge in [0.05, 0.1) is 19.6 Å². The van der Waals surface area contributed by atoms with Crippen LogP contribution in [0.5, 0.6) is 5.75 Å². The number of hydrogen-bond donors (Lipinski definition) is 0. The smallest absolute Gasteiger partial charge is 0.126 e. The fourth-order valence-electron chi connectivity index (χ4n) is 1.64. The van der Waals surface area contributed by atoms with Crippen molar-refractivity contribution in [3.05, 3.63) is 29.3 Å². The summed E-state index contributed by atoms with van der Waals surface area (Å²) < 4.78 is 5.40. The Labute approximate surface area is 91.5 Å². The number of benzene rings is 1.